The Morgan fingerprint density at radius 2 is 2.42 bits per heavy atom. The van der Waals surface area contributed by atoms with Crippen molar-refractivity contribution in [3.63, 3.8) is 0 Å². The van der Waals surface area contributed by atoms with Crippen molar-refractivity contribution in [2.75, 3.05) is 0 Å². The zero-order valence-corrected chi connectivity index (χ0v) is 9.40. The summed E-state index contributed by atoms with van der Waals surface area (Å²) in [4.78, 5) is 2.35. The molecular formula is C10H13BrS. The van der Waals surface area contributed by atoms with Gasteiger partial charge in [-0.15, -0.1) is 11.3 Å². The average Bonchev–Trinajstić information content (AvgIpc) is 2.63. The van der Waals surface area contributed by atoms with Crippen LogP contribution in [0.1, 0.15) is 24.1 Å². The molecule has 2 unspecified atom stereocenters. The fraction of sp³-hybridized carbons (Fsp3) is 0.600. The van der Waals surface area contributed by atoms with Gasteiger partial charge in [0.05, 0.1) is 0 Å². The van der Waals surface area contributed by atoms with Gasteiger partial charge in [0.2, 0.25) is 0 Å². The van der Waals surface area contributed by atoms with Crippen LogP contribution in [-0.2, 0) is 6.42 Å². The third-order valence-corrected chi connectivity index (χ3v) is 4.28. The monoisotopic (exact) mass is 244 g/mol. The van der Waals surface area contributed by atoms with E-state index in [0.29, 0.717) is 0 Å². The molecular weight excluding hydrogens is 232 g/mol. The van der Waals surface area contributed by atoms with E-state index in [4.69, 9.17) is 0 Å². The van der Waals surface area contributed by atoms with Crippen LogP contribution in [-0.4, -0.2) is 4.83 Å². The van der Waals surface area contributed by atoms with Gasteiger partial charge in [-0.1, -0.05) is 22.0 Å². The highest BCUT2D eigenvalue weighted by Crippen LogP contribution is 2.33. The van der Waals surface area contributed by atoms with Crippen LogP contribution >= 0.6 is 27.3 Å². The molecule has 0 nitrogen and oxygen atoms in total. The fourth-order valence-electron chi connectivity index (χ4n) is 1.91. The van der Waals surface area contributed by atoms with Crippen LogP contribution in [0.5, 0.6) is 0 Å². The summed E-state index contributed by atoms with van der Waals surface area (Å²) in [6, 6.07) is 4.41. The number of thiophene rings is 1. The second-order valence-electron chi connectivity index (χ2n) is 3.56. The summed E-state index contributed by atoms with van der Waals surface area (Å²) >= 11 is 5.58. The van der Waals surface area contributed by atoms with Crippen molar-refractivity contribution < 1.29 is 0 Å². The van der Waals surface area contributed by atoms with Crippen molar-refractivity contribution in [3.05, 3.63) is 22.4 Å². The molecule has 0 spiro atoms. The van der Waals surface area contributed by atoms with Crippen molar-refractivity contribution in [2.24, 2.45) is 5.92 Å². The molecule has 0 aromatic carbocycles. The molecule has 1 saturated carbocycles. The molecule has 12 heavy (non-hydrogen) atoms. The van der Waals surface area contributed by atoms with Crippen LogP contribution in [0.4, 0.5) is 0 Å². The van der Waals surface area contributed by atoms with Crippen molar-refractivity contribution in [2.45, 2.75) is 30.5 Å². The van der Waals surface area contributed by atoms with E-state index in [1.54, 1.807) is 4.88 Å². The van der Waals surface area contributed by atoms with E-state index in [2.05, 4.69) is 33.4 Å². The lowest BCUT2D eigenvalue weighted by molar-refractivity contribution is 0.553. The third kappa shape index (κ3) is 2.11. The van der Waals surface area contributed by atoms with Gasteiger partial charge in [-0.3, -0.25) is 0 Å². The average molecular weight is 245 g/mol. The molecule has 0 N–H and O–H groups in total. The zero-order chi connectivity index (χ0) is 8.39. The summed E-state index contributed by atoms with van der Waals surface area (Å²) in [7, 11) is 0. The van der Waals surface area contributed by atoms with Crippen LogP contribution in [0, 0.1) is 5.92 Å². The molecule has 0 bridgehead atoms. The van der Waals surface area contributed by atoms with Crippen LogP contribution in [0.3, 0.4) is 0 Å². The Balaban J connectivity index is 1.88. The molecule has 1 aromatic rings. The summed E-state index contributed by atoms with van der Waals surface area (Å²) in [6.07, 6.45) is 5.46. The Kier molecular flexibility index (Phi) is 2.87. The van der Waals surface area contributed by atoms with Crippen molar-refractivity contribution >= 4 is 27.3 Å². The Labute approximate surface area is 86.1 Å². The normalized spacial score (nSPS) is 29.4. The molecule has 1 aliphatic carbocycles. The van der Waals surface area contributed by atoms with Gasteiger partial charge in [0, 0.05) is 9.70 Å². The minimum atomic E-state index is 0.794. The number of rotatable bonds is 2. The SMILES string of the molecule is BrC1CCC(Cc2cccs2)C1. The molecule has 2 rings (SSSR count). The van der Waals surface area contributed by atoms with Gasteiger partial charge in [-0.2, -0.15) is 0 Å². The maximum absolute atomic E-state index is 3.69. The van der Waals surface area contributed by atoms with Crippen LogP contribution < -0.4 is 0 Å². The topological polar surface area (TPSA) is 0 Å². The minimum absolute atomic E-state index is 0.794. The van der Waals surface area contributed by atoms with E-state index < -0.39 is 0 Å². The number of halogens is 1. The first-order valence-corrected chi connectivity index (χ1v) is 6.30. The molecule has 0 amide bonds. The summed E-state index contributed by atoms with van der Waals surface area (Å²) in [6.45, 7) is 0. The molecule has 0 saturated heterocycles. The zero-order valence-electron chi connectivity index (χ0n) is 7.00. The summed E-state index contributed by atoms with van der Waals surface area (Å²) in [5.74, 6) is 0.938. The van der Waals surface area contributed by atoms with Crippen LogP contribution in [0.15, 0.2) is 17.5 Å². The molecule has 1 heterocycles. The number of alkyl halides is 1. The van der Waals surface area contributed by atoms with E-state index in [1.165, 1.54) is 25.7 Å². The van der Waals surface area contributed by atoms with E-state index in [-0.39, 0.29) is 0 Å². The van der Waals surface area contributed by atoms with Gasteiger partial charge in [-0.05, 0) is 43.0 Å². The Bertz CT molecular complexity index is 230. The highest BCUT2D eigenvalue weighted by atomic mass is 79.9. The fourth-order valence-corrected chi connectivity index (χ4v) is 3.53. The minimum Gasteiger partial charge on any atom is -0.149 e. The van der Waals surface area contributed by atoms with E-state index in [0.717, 1.165) is 10.7 Å². The second-order valence-corrected chi connectivity index (χ2v) is 5.89. The van der Waals surface area contributed by atoms with E-state index in [9.17, 15) is 0 Å². The van der Waals surface area contributed by atoms with Gasteiger partial charge >= 0.3 is 0 Å². The van der Waals surface area contributed by atoms with Crippen molar-refractivity contribution in [3.8, 4) is 0 Å². The highest BCUT2D eigenvalue weighted by Gasteiger charge is 2.22. The molecule has 66 valence electrons. The van der Waals surface area contributed by atoms with Gasteiger partial charge in [0.1, 0.15) is 0 Å². The van der Waals surface area contributed by atoms with E-state index >= 15 is 0 Å². The smallest absolute Gasteiger partial charge is 0.0148 e. The van der Waals surface area contributed by atoms with Gasteiger partial charge in [0.15, 0.2) is 0 Å². The maximum Gasteiger partial charge on any atom is 0.0148 e. The first-order valence-electron chi connectivity index (χ1n) is 4.51. The van der Waals surface area contributed by atoms with Gasteiger partial charge in [-0.25, -0.2) is 0 Å². The Morgan fingerprint density at radius 3 is 3.00 bits per heavy atom. The number of hydrogen-bond donors (Lipinski definition) is 0. The Hall–Kier alpha value is 0.180. The van der Waals surface area contributed by atoms with Gasteiger partial charge in [0.25, 0.3) is 0 Å². The molecule has 1 aliphatic rings. The standard InChI is InChI=1S/C10H13BrS/c11-9-4-3-8(6-9)7-10-2-1-5-12-10/h1-2,5,8-9H,3-4,6-7H2. The lowest BCUT2D eigenvalue weighted by Crippen LogP contribution is -1.98. The van der Waals surface area contributed by atoms with E-state index in [1.807, 2.05) is 11.3 Å². The van der Waals surface area contributed by atoms with Gasteiger partial charge < -0.3 is 0 Å². The molecule has 0 radical (unpaired) electrons. The second kappa shape index (κ2) is 3.93. The molecule has 1 fully saturated rings. The molecule has 2 heteroatoms. The first-order chi connectivity index (χ1) is 5.84. The van der Waals surface area contributed by atoms with Crippen LogP contribution in [0.25, 0.3) is 0 Å². The first kappa shape index (κ1) is 8.76. The number of hydrogen-bond acceptors (Lipinski definition) is 1. The summed E-state index contributed by atoms with van der Waals surface area (Å²) in [5, 5.41) is 2.18. The largest absolute Gasteiger partial charge is 0.149 e. The quantitative estimate of drug-likeness (QED) is 0.694. The maximum atomic E-state index is 3.69. The van der Waals surface area contributed by atoms with Crippen LogP contribution in [0.2, 0.25) is 0 Å². The van der Waals surface area contributed by atoms with Crippen molar-refractivity contribution in [1.82, 2.24) is 0 Å². The molecule has 0 aliphatic heterocycles. The molecule has 2 atom stereocenters. The van der Waals surface area contributed by atoms with Crippen molar-refractivity contribution in [1.29, 1.82) is 0 Å². The lowest BCUT2D eigenvalue weighted by atomic mass is 10.0. The predicted octanol–water partition coefficient (Wildman–Crippen LogP) is 3.85. The third-order valence-electron chi connectivity index (χ3n) is 2.55. The Morgan fingerprint density at radius 1 is 1.50 bits per heavy atom. The highest BCUT2D eigenvalue weighted by molar-refractivity contribution is 9.09. The lowest BCUT2D eigenvalue weighted by Gasteiger charge is -2.05. The molecule has 1 aromatic heterocycles. The summed E-state index contributed by atoms with van der Waals surface area (Å²) < 4.78 is 0. The summed E-state index contributed by atoms with van der Waals surface area (Å²) in [5.41, 5.74) is 0. The predicted molar refractivity (Wildman–Crippen MR) is 58.1 cm³/mol.